The number of nitrogens with one attached hydrogen (secondary N) is 1. The van der Waals surface area contributed by atoms with E-state index in [1.165, 1.54) is 0 Å². The Bertz CT molecular complexity index is 995. The fourth-order valence-corrected chi connectivity index (χ4v) is 3.32. The molecule has 0 aliphatic heterocycles. The number of alkyl halides is 1. The molecule has 0 spiro atoms. The van der Waals surface area contributed by atoms with Crippen LogP contribution in [0.2, 0.25) is 0 Å². The van der Waals surface area contributed by atoms with Crippen LogP contribution in [0.25, 0.3) is 10.9 Å². The summed E-state index contributed by atoms with van der Waals surface area (Å²) in [5.74, 6) is 0.614. The first-order valence-electron chi connectivity index (χ1n) is 10.2. The summed E-state index contributed by atoms with van der Waals surface area (Å²) in [6.45, 7) is 1.90. The number of hydrogen-bond donors (Lipinski definition) is 2. The lowest BCUT2D eigenvalue weighted by atomic mass is 10.2. The zero-order valence-corrected chi connectivity index (χ0v) is 19.7. The van der Waals surface area contributed by atoms with E-state index in [0.29, 0.717) is 51.1 Å². The van der Waals surface area contributed by atoms with Gasteiger partial charge in [-0.05, 0) is 59.0 Å². The van der Waals surface area contributed by atoms with Crippen LogP contribution < -0.4 is 15.8 Å². The first kappa shape index (κ1) is 24.4. The Morgan fingerprint density at radius 1 is 0.875 bits per heavy atom. The van der Waals surface area contributed by atoms with Gasteiger partial charge in [0.15, 0.2) is 0 Å². The Balaban J connectivity index is 1.51. The summed E-state index contributed by atoms with van der Waals surface area (Å²) in [4.78, 5) is 8.99. The molecule has 1 heterocycles. The summed E-state index contributed by atoms with van der Waals surface area (Å²) in [5.41, 5.74) is 8.22. The number of rotatable bonds is 14. The Morgan fingerprint density at radius 2 is 1.59 bits per heavy atom. The van der Waals surface area contributed by atoms with Gasteiger partial charge < -0.3 is 30.0 Å². The predicted octanol–water partition coefficient (Wildman–Crippen LogP) is 3.96. The van der Waals surface area contributed by atoms with Gasteiger partial charge in [0.25, 0.3) is 0 Å². The number of hydrogen-bond acceptors (Lipinski definition) is 8. The minimum Gasteiger partial charge on any atom is -0.461 e. The molecule has 0 bridgehead atoms. The van der Waals surface area contributed by atoms with E-state index < -0.39 is 6.67 Å². The molecule has 0 amide bonds. The summed E-state index contributed by atoms with van der Waals surface area (Å²) in [5, 5.41) is 4.13. The van der Waals surface area contributed by atoms with Crippen molar-refractivity contribution in [2.75, 3.05) is 64.0 Å². The van der Waals surface area contributed by atoms with Gasteiger partial charge in [0.1, 0.15) is 19.1 Å². The van der Waals surface area contributed by atoms with Crippen molar-refractivity contribution in [3.63, 3.8) is 0 Å². The molecule has 0 atom stereocenters. The molecular weight excluding hydrogens is 530 g/mol. The average molecular weight is 556 g/mol. The van der Waals surface area contributed by atoms with Gasteiger partial charge in [-0.3, -0.25) is 0 Å². The fraction of sp³-hybridized carbons (Fsp3) is 0.364. The topological polar surface area (TPSA) is 101 Å². The summed E-state index contributed by atoms with van der Waals surface area (Å²) in [7, 11) is 0. The lowest BCUT2D eigenvalue weighted by molar-refractivity contribution is 0.00706. The van der Waals surface area contributed by atoms with Crippen molar-refractivity contribution in [3.05, 3.63) is 46.0 Å². The lowest BCUT2D eigenvalue weighted by Crippen LogP contribution is -2.14. The summed E-state index contributed by atoms with van der Waals surface area (Å²) in [6, 6.07) is 13.7. The molecule has 0 aliphatic carbocycles. The highest BCUT2D eigenvalue weighted by Crippen LogP contribution is 2.28. The second kappa shape index (κ2) is 13.3. The van der Waals surface area contributed by atoms with Crippen molar-refractivity contribution in [3.8, 4) is 6.01 Å². The maximum Gasteiger partial charge on any atom is 0.319 e. The van der Waals surface area contributed by atoms with Gasteiger partial charge in [0, 0.05) is 20.3 Å². The van der Waals surface area contributed by atoms with Gasteiger partial charge in [-0.25, -0.2) is 4.39 Å². The third-order valence-corrected chi connectivity index (χ3v) is 4.88. The van der Waals surface area contributed by atoms with Crippen LogP contribution >= 0.6 is 22.6 Å². The van der Waals surface area contributed by atoms with Gasteiger partial charge in [0.05, 0.1) is 45.2 Å². The quantitative estimate of drug-likeness (QED) is 0.175. The van der Waals surface area contributed by atoms with Gasteiger partial charge in [-0.2, -0.15) is 9.97 Å². The number of ether oxygens (including phenoxy) is 4. The predicted molar refractivity (Wildman–Crippen MR) is 130 cm³/mol. The Morgan fingerprint density at radius 3 is 2.31 bits per heavy atom. The molecule has 3 rings (SSSR count). The van der Waals surface area contributed by atoms with E-state index in [9.17, 15) is 4.39 Å². The first-order chi connectivity index (χ1) is 15.7. The standard InChI is InChI=1S/C22H26FIN4O4/c23-6-7-29-8-9-30-10-11-31-12-13-32-22-27-20-5-4-17(25)15-19(20)21(28-22)26-18-3-1-2-16(24)14-18/h1-5,14-15H,6-13,25H2,(H,26,27,28). The molecule has 0 saturated carbocycles. The van der Waals surface area contributed by atoms with E-state index in [0.717, 1.165) is 20.2 Å². The normalized spacial score (nSPS) is 11.1. The zero-order chi connectivity index (χ0) is 22.6. The van der Waals surface area contributed by atoms with Crippen LogP contribution in [0.3, 0.4) is 0 Å². The molecule has 32 heavy (non-hydrogen) atoms. The second-order valence-corrected chi connectivity index (χ2v) is 7.89. The van der Waals surface area contributed by atoms with Crippen LogP contribution in [0.15, 0.2) is 42.5 Å². The third kappa shape index (κ3) is 8.01. The molecule has 10 heteroatoms. The van der Waals surface area contributed by atoms with Crippen LogP contribution in [0.1, 0.15) is 0 Å². The maximum absolute atomic E-state index is 11.9. The molecule has 0 unspecified atom stereocenters. The zero-order valence-electron chi connectivity index (χ0n) is 17.6. The Hall–Kier alpha value is -2.28. The molecule has 0 radical (unpaired) electrons. The Kier molecular flexibility index (Phi) is 10.1. The maximum atomic E-state index is 11.9. The van der Waals surface area contributed by atoms with E-state index in [1.54, 1.807) is 6.07 Å². The molecule has 3 aromatic rings. The number of aromatic nitrogens is 2. The summed E-state index contributed by atoms with van der Waals surface area (Å²) in [6.07, 6.45) is 0. The van der Waals surface area contributed by atoms with Crippen LogP contribution in [0, 0.1) is 3.57 Å². The third-order valence-electron chi connectivity index (χ3n) is 4.21. The number of nitrogen functional groups attached to an aromatic ring is 1. The van der Waals surface area contributed by atoms with Crippen molar-refractivity contribution >= 4 is 50.7 Å². The van der Waals surface area contributed by atoms with Gasteiger partial charge in [-0.1, -0.05) is 6.07 Å². The highest BCUT2D eigenvalue weighted by molar-refractivity contribution is 14.1. The second-order valence-electron chi connectivity index (χ2n) is 6.64. The average Bonchev–Trinajstić information content (AvgIpc) is 2.78. The highest BCUT2D eigenvalue weighted by Gasteiger charge is 2.10. The molecule has 1 aromatic heterocycles. The minimum atomic E-state index is -0.485. The first-order valence-corrected chi connectivity index (χ1v) is 11.3. The van der Waals surface area contributed by atoms with E-state index in [4.69, 9.17) is 24.7 Å². The van der Waals surface area contributed by atoms with Crippen LogP contribution in [0.5, 0.6) is 6.01 Å². The molecule has 0 fully saturated rings. The number of fused-ring (bicyclic) bond motifs is 1. The molecule has 2 aromatic carbocycles. The van der Waals surface area contributed by atoms with Gasteiger partial charge >= 0.3 is 6.01 Å². The van der Waals surface area contributed by atoms with Crippen LogP contribution in [-0.2, 0) is 14.2 Å². The van der Waals surface area contributed by atoms with E-state index in [-0.39, 0.29) is 12.6 Å². The molecule has 0 saturated heterocycles. The monoisotopic (exact) mass is 556 g/mol. The number of halogens is 2. The minimum absolute atomic E-state index is 0.101. The summed E-state index contributed by atoms with van der Waals surface area (Å²) < 4.78 is 34.5. The molecule has 3 N–H and O–H groups in total. The van der Waals surface area contributed by atoms with Crippen LogP contribution in [0.4, 0.5) is 21.6 Å². The smallest absolute Gasteiger partial charge is 0.319 e. The lowest BCUT2D eigenvalue weighted by Gasteiger charge is -2.12. The van der Waals surface area contributed by atoms with Crippen molar-refractivity contribution < 1.29 is 23.3 Å². The van der Waals surface area contributed by atoms with Crippen molar-refractivity contribution in [2.45, 2.75) is 0 Å². The van der Waals surface area contributed by atoms with Crippen molar-refractivity contribution in [1.82, 2.24) is 9.97 Å². The molecular formula is C22H26FIN4O4. The van der Waals surface area contributed by atoms with Crippen molar-refractivity contribution in [1.29, 1.82) is 0 Å². The summed E-state index contributed by atoms with van der Waals surface area (Å²) >= 11 is 2.26. The number of benzene rings is 2. The number of nitrogens with zero attached hydrogens (tertiary/aromatic N) is 2. The molecule has 0 aliphatic rings. The molecule has 8 nitrogen and oxygen atoms in total. The van der Waals surface area contributed by atoms with Crippen molar-refractivity contribution in [2.24, 2.45) is 0 Å². The fourth-order valence-electron chi connectivity index (χ4n) is 2.78. The number of nitrogens with two attached hydrogens (primary N) is 1. The van der Waals surface area contributed by atoms with E-state index in [1.807, 2.05) is 36.4 Å². The highest BCUT2D eigenvalue weighted by atomic mass is 127. The van der Waals surface area contributed by atoms with Crippen LogP contribution in [-0.4, -0.2) is 62.9 Å². The van der Waals surface area contributed by atoms with Gasteiger partial charge in [0.2, 0.25) is 0 Å². The van der Waals surface area contributed by atoms with Gasteiger partial charge in [-0.15, -0.1) is 0 Å². The van der Waals surface area contributed by atoms with E-state index in [2.05, 4.69) is 37.9 Å². The SMILES string of the molecule is Nc1ccc2nc(OCCOCCOCCOCCF)nc(Nc3cccc(I)c3)c2c1. The number of anilines is 3. The Labute approximate surface area is 199 Å². The molecule has 172 valence electrons. The largest absolute Gasteiger partial charge is 0.461 e. The van der Waals surface area contributed by atoms with E-state index >= 15 is 0 Å².